The van der Waals surface area contributed by atoms with E-state index in [1.807, 2.05) is 6.08 Å². The van der Waals surface area contributed by atoms with Crippen LogP contribution in [0.25, 0.3) is 0 Å². The predicted molar refractivity (Wildman–Crippen MR) is 53.9 cm³/mol. The van der Waals surface area contributed by atoms with E-state index in [4.69, 9.17) is 0 Å². The van der Waals surface area contributed by atoms with Gasteiger partial charge in [0, 0.05) is 23.8 Å². The number of methoxy groups -OCH3 is 1. The molecule has 0 amide bonds. The van der Waals surface area contributed by atoms with E-state index in [2.05, 4.69) is 4.74 Å². The molecule has 1 atom stereocenters. The first-order valence-electron chi connectivity index (χ1n) is 4.72. The molecule has 0 aliphatic heterocycles. The van der Waals surface area contributed by atoms with Gasteiger partial charge in [0.25, 0.3) is 0 Å². The number of carbonyl (C=O) groups excluding carboxylic acids is 1. The summed E-state index contributed by atoms with van der Waals surface area (Å²) in [6.45, 7) is 0. The van der Waals surface area contributed by atoms with Crippen molar-refractivity contribution in [3.8, 4) is 0 Å². The number of allylic oxidation sites excluding steroid dienone is 2. The summed E-state index contributed by atoms with van der Waals surface area (Å²) in [4.78, 5) is 21.1. The lowest BCUT2D eigenvalue weighted by Crippen LogP contribution is -2.21. The average Bonchev–Trinajstić information content (AvgIpc) is 2.26. The lowest BCUT2D eigenvalue weighted by Gasteiger charge is -2.13. The van der Waals surface area contributed by atoms with Crippen molar-refractivity contribution in [2.45, 2.75) is 25.3 Å². The molecule has 5 heteroatoms. The van der Waals surface area contributed by atoms with Crippen LogP contribution in [0.4, 0.5) is 0 Å². The molecule has 5 nitrogen and oxygen atoms in total. The van der Waals surface area contributed by atoms with Crippen molar-refractivity contribution in [2.75, 3.05) is 7.11 Å². The van der Waals surface area contributed by atoms with Crippen LogP contribution in [-0.2, 0) is 9.53 Å². The zero-order chi connectivity index (χ0) is 11.3. The van der Waals surface area contributed by atoms with Crippen LogP contribution in [0.3, 0.4) is 0 Å². The van der Waals surface area contributed by atoms with Crippen LogP contribution in [0.5, 0.6) is 0 Å². The Kier molecular flexibility index (Phi) is 4.03. The number of nitrogens with zero attached hydrogens (tertiary/aromatic N) is 1. The van der Waals surface area contributed by atoms with Crippen LogP contribution in [0, 0.1) is 10.1 Å². The molecule has 0 spiro atoms. The molecule has 0 fully saturated rings. The lowest BCUT2D eigenvalue weighted by atomic mass is 9.95. The zero-order valence-corrected chi connectivity index (χ0v) is 8.51. The highest BCUT2D eigenvalue weighted by molar-refractivity contribution is 5.82. The minimum atomic E-state index is -0.521. The first-order valence-corrected chi connectivity index (χ1v) is 4.72. The summed E-state index contributed by atoms with van der Waals surface area (Å²) in [7, 11) is 1.29. The summed E-state index contributed by atoms with van der Waals surface area (Å²) >= 11 is 0. The van der Waals surface area contributed by atoms with Crippen LogP contribution in [-0.4, -0.2) is 24.0 Å². The van der Waals surface area contributed by atoms with Crippen LogP contribution in [0.15, 0.2) is 23.8 Å². The molecule has 15 heavy (non-hydrogen) atoms. The van der Waals surface area contributed by atoms with Crippen LogP contribution in [0.2, 0.25) is 0 Å². The normalized spacial score (nSPS) is 21.1. The van der Waals surface area contributed by atoms with Crippen LogP contribution < -0.4 is 0 Å². The fourth-order valence-corrected chi connectivity index (χ4v) is 1.48. The molecule has 1 rings (SSSR count). The van der Waals surface area contributed by atoms with Gasteiger partial charge < -0.3 is 4.74 Å². The maximum absolute atomic E-state index is 10.8. The lowest BCUT2D eigenvalue weighted by molar-refractivity contribution is -0.523. The number of ether oxygens (including phenoxy) is 1. The molecule has 0 aromatic heterocycles. The summed E-state index contributed by atoms with van der Waals surface area (Å²) in [6, 6.07) is -0.521. The molecule has 1 aliphatic rings. The van der Waals surface area contributed by atoms with Gasteiger partial charge in [-0.15, -0.1) is 0 Å². The average molecular weight is 211 g/mol. The van der Waals surface area contributed by atoms with E-state index >= 15 is 0 Å². The van der Waals surface area contributed by atoms with E-state index in [1.54, 1.807) is 6.08 Å². The van der Waals surface area contributed by atoms with Gasteiger partial charge in [-0.25, -0.2) is 4.79 Å². The van der Waals surface area contributed by atoms with Crippen molar-refractivity contribution in [2.24, 2.45) is 0 Å². The van der Waals surface area contributed by atoms with Crippen molar-refractivity contribution in [1.29, 1.82) is 0 Å². The molecule has 1 unspecified atom stereocenters. The molecule has 0 bridgehead atoms. The van der Waals surface area contributed by atoms with Gasteiger partial charge in [-0.1, -0.05) is 12.2 Å². The fourth-order valence-electron chi connectivity index (χ4n) is 1.48. The Morgan fingerprint density at radius 1 is 1.73 bits per heavy atom. The minimum absolute atomic E-state index is 0.265. The molecule has 0 heterocycles. The standard InChI is InChI=1S/C10H13NO4/c1-15-10(12)6-5-8-3-2-4-9(7-8)11(13)14/h3,5-6,9H,2,4,7H2,1H3. The summed E-state index contributed by atoms with van der Waals surface area (Å²) in [5.74, 6) is -0.445. The number of nitro groups is 1. The number of hydrogen-bond donors (Lipinski definition) is 0. The van der Waals surface area contributed by atoms with Gasteiger partial charge in [0.05, 0.1) is 7.11 Å². The Morgan fingerprint density at radius 3 is 3.07 bits per heavy atom. The highest BCUT2D eigenvalue weighted by Gasteiger charge is 2.23. The summed E-state index contributed by atoms with van der Waals surface area (Å²) < 4.78 is 4.43. The van der Waals surface area contributed by atoms with Crippen molar-refractivity contribution in [3.05, 3.63) is 33.9 Å². The van der Waals surface area contributed by atoms with Gasteiger partial charge in [-0.05, 0) is 12.0 Å². The highest BCUT2D eigenvalue weighted by atomic mass is 16.6. The van der Waals surface area contributed by atoms with Crippen molar-refractivity contribution in [1.82, 2.24) is 0 Å². The molecule has 0 saturated heterocycles. The fraction of sp³-hybridized carbons (Fsp3) is 0.500. The quantitative estimate of drug-likeness (QED) is 0.307. The van der Waals surface area contributed by atoms with Gasteiger partial charge in [-0.2, -0.15) is 0 Å². The first kappa shape index (κ1) is 11.4. The van der Waals surface area contributed by atoms with E-state index < -0.39 is 12.0 Å². The Labute approximate surface area is 87.6 Å². The smallest absolute Gasteiger partial charge is 0.330 e. The van der Waals surface area contributed by atoms with Crippen molar-refractivity contribution < 1.29 is 14.5 Å². The monoisotopic (exact) mass is 211 g/mol. The topological polar surface area (TPSA) is 69.4 Å². The van der Waals surface area contributed by atoms with E-state index in [-0.39, 0.29) is 4.92 Å². The van der Waals surface area contributed by atoms with Gasteiger partial charge in [0.2, 0.25) is 6.04 Å². The first-order chi connectivity index (χ1) is 7.13. The second kappa shape index (κ2) is 5.29. The summed E-state index contributed by atoms with van der Waals surface area (Å²) in [6.07, 6.45) is 6.44. The third kappa shape index (κ3) is 3.53. The Hall–Kier alpha value is -1.65. The van der Waals surface area contributed by atoms with E-state index in [1.165, 1.54) is 13.2 Å². The molecule has 0 saturated carbocycles. The zero-order valence-electron chi connectivity index (χ0n) is 8.51. The van der Waals surface area contributed by atoms with E-state index in [0.29, 0.717) is 19.3 Å². The number of hydrogen-bond acceptors (Lipinski definition) is 4. The highest BCUT2D eigenvalue weighted by Crippen LogP contribution is 2.21. The Morgan fingerprint density at radius 2 is 2.47 bits per heavy atom. The second-order valence-electron chi connectivity index (χ2n) is 3.36. The van der Waals surface area contributed by atoms with Gasteiger partial charge in [0.1, 0.15) is 0 Å². The SMILES string of the molecule is COC(=O)C=CC1=CCCC([N+](=O)[O-])C1. The van der Waals surface area contributed by atoms with Gasteiger partial charge >= 0.3 is 5.97 Å². The molecular formula is C10H13NO4. The van der Waals surface area contributed by atoms with Crippen molar-refractivity contribution >= 4 is 5.97 Å². The van der Waals surface area contributed by atoms with E-state index in [9.17, 15) is 14.9 Å². The third-order valence-corrected chi connectivity index (χ3v) is 2.31. The molecule has 0 radical (unpaired) electrons. The molecule has 0 aromatic carbocycles. The molecule has 1 aliphatic carbocycles. The second-order valence-corrected chi connectivity index (χ2v) is 3.36. The maximum atomic E-state index is 10.8. The maximum Gasteiger partial charge on any atom is 0.330 e. The Bertz CT molecular complexity index is 319. The molecule has 82 valence electrons. The number of carbonyl (C=O) groups is 1. The van der Waals surface area contributed by atoms with Gasteiger partial charge in [-0.3, -0.25) is 10.1 Å². The van der Waals surface area contributed by atoms with Crippen LogP contribution in [0.1, 0.15) is 19.3 Å². The van der Waals surface area contributed by atoms with Gasteiger partial charge in [0.15, 0.2) is 0 Å². The summed E-state index contributed by atoms with van der Waals surface area (Å²) in [5.41, 5.74) is 0.827. The number of esters is 1. The number of rotatable bonds is 3. The Balaban J connectivity index is 2.57. The van der Waals surface area contributed by atoms with Crippen molar-refractivity contribution in [3.63, 3.8) is 0 Å². The predicted octanol–water partition coefficient (Wildman–Crippen LogP) is 1.47. The summed E-state index contributed by atoms with van der Waals surface area (Å²) in [5, 5.41) is 10.6. The third-order valence-electron chi connectivity index (χ3n) is 2.31. The van der Waals surface area contributed by atoms with Crippen LogP contribution >= 0.6 is 0 Å². The minimum Gasteiger partial charge on any atom is -0.466 e. The largest absolute Gasteiger partial charge is 0.466 e. The molecule has 0 aromatic rings. The molecular weight excluding hydrogens is 198 g/mol. The molecule has 0 N–H and O–H groups in total. The van der Waals surface area contributed by atoms with E-state index in [0.717, 1.165) is 5.57 Å².